The quantitative estimate of drug-likeness (QED) is 0.0262. The molecule has 0 aliphatic rings. The molecule has 0 aromatic heterocycles. The zero-order valence-electron chi connectivity index (χ0n) is 37.8. The molecule has 8 nitrogen and oxygen atoms in total. The molecule has 0 spiro atoms. The van der Waals surface area contributed by atoms with Gasteiger partial charge in [-0.3, -0.25) is 9.59 Å². The Bertz CT molecular complexity index is 1030. The average Bonchev–Trinajstić information content (AvgIpc) is 3.17. The van der Waals surface area contributed by atoms with Gasteiger partial charge in [-0.15, -0.1) is 0 Å². The van der Waals surface area contributed by atoms with Crippen molar-refractivity contribution >= 4 is 17.9 Å². The normalized spacial score (nSPS) is 13.2. The topological polar surface area (TPSA) is 102 Å². The van der Waals surface area contributed by atoms with Crippen LogP contribution in [0.1, 0.15) is 206 Å². The zero-order valence-corrected chi connectivity index (χ0v) is 37.8. The van der Waals surface area contributed by atoms with Crippen molar-refractivity contribution in [3.8, 4) is 0 Å². The lowest BCUT2D eigenvalue weighted by molar-refractivity contribution is -0.889. The monoisotopic (exact) mass is 804 g/mol. The van der Waals surface area contributed by atoms with Gasteiger partial charge in [0.1, 0.15) is 12.6 Å². The maximum atomic E-state index is 12.7. The van der Waals surface area contributed by atoms with Crippen molar-refractivity contribution in [1.29, 1.82) is 0 Å². The van der Waals surface area contributed by atoms with Gasteiger partial charge in [0.05, 0.1) is 40.3 Å². The number of hydrogen-bond acceptors (Lipinski definition) is 7. The number of carboxylic acids is 1. The van der Waals surface area contributed by atoms with Crippen molar-refractivity contribution in [2.75, 3.05) is 41.0 Å². The smallest absolute Gasteiger partial charge is 0.306 e. The third kappa shape index (κ3) is 38.8. The molecule has 0 saturated heterocycles. The highest BCUT2D eigenvalue weighted by molar-refractivity contribution is 5.70. The summed E-state index contributed by atoms with van der Waals surface area (Å²) in [5.74, 6) is -1.73. The van der Waals surface area contributed by atoms with Gasteiger partial charge in [-0.05, 0) is 44.9 Å². The van der Waals surface area contributed by atoms with Gasteiger partial charge in [-0.2, -0.15) is 0 Å². The molecular formula is C49H89NO7. The molecule has 0 rings (SSSR count). The Kier molecular flexibility index (Phi) is 38.6. The molecular weight excluding hydrogens is 715 g/mol. The molecule has 0 amide bonds. The van der Waals surface area contributed by atoms with Crippen LogP contribution in [-0.4, -0.2) is 75.5 Å². The Morgan fingerprint density at radius 2 is 0.982 bits per heavy atom. The van der Waals surface area contributed by atoms with Gasteiger partial charge in [-0.25, -0.2) is 0 Å². The summed E-state index contributed by atoms with van der Waals surface area (Å²) in [5.41, 5.74) is 0. The van der Waals surface area contributed by atoms with Crippen LogP contribution in [0.3, 0.4) is 0 Å². The van der Waals surface area contributed by atoms with Crippen molar-refractivity contribution in [3.63, 3.8) is 0 Å². The van der Waals surface area contributed by atoms with Crippen LogP contribution in [0.5, 0.6) is 0 Å². The summed E-state index contributed by atoms with van der Waals surface area (Å²) in [7, 11) is 5.41. The number of carbonyl (C=O) groups is 3. The number of rotatable bonds is 42. The molecule has 0 radical (unpaired) electrons. The van der Waals surface area contributed by atoms with Crippen molar-refractivity contribution in [3.05, 3.63) is 36.5 Å². The van der Waals surface area contributed by atoms with Crippen LogP contribution in [0.2, 0.25) is 0 Å². The van der Waals surface area contributed by atoms with Crippen LogP contribution in [-0.2, 0) is 28.6 Å². The standard InChI is InChI=1S/C49H89NO7/c1-6-8-10-12-14-16-18-20-21-22-23-24-25-26-28-30-32-34-36-38-40-48(52)57-45(43-55-42-41-46(49(53)54)50(3,4)5)44-56-47(51)39-37-35-33-31-29-27-19-17-15-13-11-9-7-2/h8,10,14,16,20-21,45-46H,6-7,9,11-13,15,17-19,22-44H2,1-5H3/b10-8+,16-14+,21-20+. The number of carboxylic acid groups (broad SMARTS) is 1. The number of allylic oxidation sites excluding steroid dienone is 6. The highest BCUT2D eigenvalue weighted by Crippen LogP contribution is 2.15. The minimum absolute atomic E-state index is 0.0421. The van der Waals surface area contributed by atoms with E-state index in [1.807, 2.05) is 0 Å². The first kappa shape index (κ1) is 54.6. The molecule has 0 aromatic carbocycles. The van der Waals surface area contributed by atoms with Gasteiger partial charge in [0.25, 0.3) is 0 Å². The number of hydrogen-bond donors (Lipinski definition) is 0. The lowest BCUT2D eigenvalue weighted by atomic mass is 10.0. The molecule has 0 aliphatic heterocycles. The van der Waals surface area contributed by atoms with E-state index in [1.165, 1.54) is 116 Å². The molecule has 0 aromatic rings. The lowest BCUT2D eigenvalue weighted by Gasteiger charge is -2.34. The Hall–Kier alpha value is -2.45. The van der Waals surface area contributed by atoms with E-state index in [0.717, 1.165) is 57.8 Å². The molecule has 0 fully saturated rings. The number of ether oxygens (including phenoxy) is 3. The first-order chi connectivity index (χ1) is 27.6. The summed E-state index contributed by atoms with van der Waals surface area (Å²) < 4.78 is 17.2. The minimum Gasteiger partial charge on any atom is -0.544 e. The van der Waals surface area contributed by atoms with E-state index in [-0.39, 0.29) is 42.7 Å². The van der Waals surface area contributed by atoms with E-state index in [0.29, 0.717) is 12.8 Å². The third-order valence-corrected chi connectivity index (χ3v) is 10.5. The van der Waals surface area contributed by atoms with Crippen molar-refractivity contribution in [1.82, 2.24) is 0 Å². The van der Waals surface area contributed by atoms with Crippen LogP contribution < -0.4 is 5.11 Å². The molecule has 0 N–H and O–H groups in total. The third-order valence-electron chi connectivity index (χ3n) is 10.5. The molecule has 8 heteroatoms. The van der Waals surface area contributed by atoms with Crippen molar-refractivity contribution < 1.29 is 38.2 Å². The van der Waals surface area contributed by atoms with E-state index in [4.69, 9.17) is 14.2 Å². The maximum absolute atomic E-state index is 12.7. The fraction of sp³-hybridized carbons (Fsp3) is 0.816. The molecule has 0 aliphatic carbocycles. The van der Waals surface area contributed by atoms with Gasteiger partial charge >= 0.3 is 11.9 Å². The van der Waals surface area contributed by atoms with Gasteiger partial charge in [0.2, 0.25) is 0 Å². The number of unbranched alkanes of at least 4 members (excludes halogenated alkanes) is 22. The molecule has 57 heavy (non-hydrogen) atoms. The lowest BCUT2D eigenvalue weighted by Crippen LogP contribution is -2.55. The van der Waals surface area contributed by atoms with Crippen LogP contribution in [0.25, 0.3) is 0 Å². The fourth-order valence-corrected chi connectivity index (χ4v) is 6.91. The molecule has 332 valence electrons. The van der Waals surface area contributed by atoms with E-state index < -0.39 is 18.1 Å². The number of carbonyl (C=O) groups excluding carboxylic acids is 3. The van der Waals surface area contributed by atoms with E-state index in [9.17, 15) is 19.5 Å². The Labute approximate surface area is 351 Å². The summed E-state index contributed by atoms with van der Waals surface area (Å²) in [6.45, 7) is 4.56. The number of aliphatic carboxylic acids is 1. The summed E-state index contributed by atoms with van der Waals surface area (Å²) >= 11 is 0. The summed E-state index contributed by atoms with van der Waals surface area (Å²) in [6, 6.07) is -0.724. The molecule has 0 bridgehead atoms. The number of nitrogens with zero attached hydrogens (tertiary/aromatic N) is 1. The first-order valence-corrected chi connectivity index (χ1v) is 23.5. The predicted octanol–water partition coefficient (Wildman–Crippen LogP) is 11.7. The van der Waals surface area contributed by atoms with Gasteiger partial charge < -0.3 is 28.6 Å². The van der Waals surface area contributed by atoms with Gasteiger partial charge in [0.15, 0.2) is 6.10 Å². The average molecular weight is 804 g/mol. The second-order valence-electron chi connectivity index (χ2n) is 17.0. The molecule has 2 atom stereocenters. The maximum Gasteiger partial charge on any atom is 0.306 e. The van der Waals surface area contributed by atoms with Crippen LogP contribution in [0, 0.1) is 0 Å². The van der Waals surface area contributed by atoms with E-state index >= 15 is 0 Å². The number of esters is 2. The van der Waals surface area contributed by atoms with E-state index in [2.05, 4.69) is 50.3 Å². The zero-order chi connectivity index (χ0) is 42.1. The Morgan fingerprint density at radius 3 is 1.46 bits per heavy atom. The van der Waals surface area contributed by atoms with Crippen molar-refractivity contribution in [2.24, 2.45) is 0 Å². The van der Waals surface area contributed by atoms with E-state index in [1.54, 1.807) is 21.1 Å². The second-order valence-corrected chi connectivity index (χ2v) is 17.0. The Morgan fingerprint density at radius 1 is 0.544 bits per heavy atom. The summed E-state index contributed by atoms with van der Waals surface area (Å²) in [6.07, 6.45) is 45.9. The summed E-state index contributed by atoms with van der Waals surface area (Å²) in [5, 5.41) is 11.6. The molecule has 2 unspecified atom stereocenters. The summed E-state index contributed by atoms with van der Waals surface area (Å²) in [4.78, 5) is 36.9. The number of quaternary nitrogens is 1. The van der Waals surface area contributed by atoms with Gasteiger partial charge in [0, 0.05) is 19.3 Å². The second kappa shape index (κ2) is 40.3. The Balaban J connectivity index is 4.27. The van der Waals surface area contributed by atoms with Crippen LogP contribution >= 0.6 is 0 Å². The highest BCUT2D eigenvalue weighted by Gasteiger charge is 2.25. The SMILES string of the molecule is CC/C=C/C/C=C/C/C=C/CCCCCCCCCCCCC(=O)OC(COCCC(C(=O)[O-])[N+](C)(C)C)COC(=O)CCCCCCCCCCCCCCC. The van der Waals surface area contributed by atoms with Crippen LogP contribution in [0.4, 0.5) is 0 Å². The minimum atomic E-state index is -1.12. The fourth-order valence-electron chi connectivity index (χ4n) is 6.91. The molecule has 0 saturated carbocycles. The molecule has 0 heterocycles. The van der Waals surface area contributed by atoms with Crippen LogP contribution in [0.15, 0.2) is 36.5 Å². The first-order valence-electron chi connectivity index (χ1n) is 23.5. The number of likely N-dealkylation sites (N-methyl/N-ethyl adjacent to an activating group) is 1. The predicted molar refractivity (Wildman–Crippen MR) is 236 cm³/mol. The van der Waals surface area contributed by atoms with Gasteiger partial charge in [-0.1, -0.05) is 179 Å². The highest BCUT2D eigenvalue weighted by atomic mass is 16.6. The van der Waals surface area contributed by atoms with Crippen molar-refractivity contribution in [2.45, 2.75) is 219 Å². The largest absolute Gasteiger partial charge is 0.544 e.